The van der Waals surface area contributed by atoms with Crippen LogP contribution in [0.4, 0.5) is 0 Å². The van der Waals surface area contributed by atoms with E-state index < -0.39 is 0 Å². The van der Waals surface area contributed by atoms with Crippen molar-refractivity contribution >= 4 is 5.91 Å². The second-order valence-corrected chi connectivity index (χ2v) is 6.48. The summed E-state index contributed by atoms with van der Waals surface area (Å²) in [5.41, 5.74) is 2.32. The number of carbonyl (C=O) groups excluding carboxylic acids is 1. The molecule has 2 aliphatic carbocycles. The van der Waals surface area contributed by atoms with Crippen LogP contribution in [0.15, 0.2) is 24.3 Å². The van der Waals surface area contributed by atoms with Gasteiger partial charge in [0.05, 0.1) is 0 Å². The number of nitrogens with one attached hydrogen (secondary N) is 1. The van der Waals surface area contributed by atoms with Gasteiger partial charge in [-0.25, -0.2) is 0 Å². The first-order chi connectivity index (χ1) is 9.12. The highest BCUT2D eigenvalue weighted by Gasteiger charge is 2.62. The zero-order valence-electron chi connectivity index (χ0n) is 11.5. The van der Waals surface area contributed by atoms with E-state index in [4.69, 9.17) is 0 Å². The van der Waals surface area contributed by atoms with Crippen LogP contribution in [-0.4, -0.2) is 22.4 Å². The van der Waals surface area contributed by atoms with Crippen LogP contribution in [0, 0.1) is 12.8 Å². The maximum Gasteiger partial charge on any atom is 0.244 e. The van der Waals surface area contributed by atoms with Crippen molar-refractivity contribution in [1.29, 1.82) is 0 Å². The van der Waals surface area contributed by atoms with Crippen LogP contribution in [-0.2, 0) is 4.79 Å². The summed E-state index contributed by atoms with van der Waals surface area (Å²) < 4.78 is 0. The minimum absolute atomic E-state index is 0.0890. The smallest absolute Gasteiger partial charge is 0.244 e. The highest BCUT2D eigenvalue weighted by Crippen LogP contribution is 2.51. The monoisotopic (exact) mass is 256 g/mol. The van der Waals surface area contributed by atoms with Crippen LogP contribution in [0.2, 0.25) is 0 Å². The molecule has 1 amide bonds. The van der Waals surface area contributed by atoms with Crippen molar-refractivity contribution in [2.45, 2.75) is 50.9 Å². The zero-order valence-corrected chi connectivity index (χ0v) is 11.5. The second kappa shape index (κ2) is 3.60. The van der Waals surface area contributed by atoms with Crippen LogP contribution in [0.3, 0.4) is 0 Å². The first kappa shape index (κ1) is 11.5. The van der Waals surface area contributed by atoms with Crippen LogP contribution < -0.4 is 5.32 Å². The van der Waals surface area contributed by atoms with Gasteiger partial charge in [0.15, 0.2) is 0 Å². The number of hydrogen-bond donors (Lipinski definition) is 1. The molecule has 0 bridgehead atoms. The highest BCUT2D eigenvalue weighted by molar-refractivity contribution is 5.92. The standard InChI is InChI=1S/C16H20N2O/c1-10-5-3-4-6-12(10)14-17-16(7-8-16)15(19)18(14)13-9-11(13)2/h3-6,11,13-14,17H,7-9H2,1-2H3. The summed E-state index contributed by atoms with van der Waals surface area (Å²) in [5.74, 6) is 1.00. The molecule has 19 heavy (non-hydrogen) atoms. The van der Waals surface area contributed by atoms with E-state index in [1.807, 2.05) is 0 Å². The van der Waals surface area contributed by atoms with E-state index in [1.165, 1.54) is 11.1 Å². The van der Waals surface area contributed by atoms with Crippen LogP contribution >= 0.6 is 0 Å². The summed E-state index contributed by atoms with van der Waals surface area (Å²) in [4.78, 5) is 14.8. The van der Waals surface area contributed by atoms with Crippen LogP contribution in [0.25, 0.3) is 0 Å². The Morgan fingerprint density at radius 3 is 2.58 bits per heavy atom. The lowest BCUT2D eigenvalue weighted by atomic mass is 10.1. The molecule has 3 nitrogen and oxygen atoms in total. The van der Waals surface area contributed by atoms with E-state index in [0.29, 0.717) is 17.9 Å². The van der Waals surface area contributed by atoms with Crippen LogP contribution in [0.5, 0.6) is 0 Å². The number of hydrogen-bond acceptors (Lipinski definition) is 2. The predicted molar refractivity (Wildman–Crippen MR) is 73.4 cm³/mol. The lowest BCUT2D eigenvalue weighted by Crippen LogP contribution is -2.34. The molecule has 0 aromatic heterocycles. The molecule has 3 aliphatic rings. The van der Waals surface area contributed by atoms with Gasteiger partial charge >= 0.3 is 0 Å². The largest absolute Gasteiger partial charge is 0.318 e. The predicted octanol–water partition coefficient (Wildman–Crippen LogP) is 2.37. The van der Waals surface area contributed by atoms with Gasteiger partial charge in [-0.2, -0.15) is 0 Å². The van der Waals surface area contributed by atoms with Crippen molar-refractivity contribution in [2.24, 2.45) is 5.92 Å². The van der Waals surface area contributed by atoms with Gasteiger partial charge < -0.3 is 4.90 Å². The molecule has 2 saturated carbocycles. The van der Waals surface area contributed by atoms with Crippen molar-refractivity contribution in [2.75, 3.05) is 0 Å². The van der Waals surface area contributed by atoms with Gasteiger partial charge in [0.1, 0.15) is 11.7 Å². The molecule has 4 rings (SSSR count). The summed E-state index contributed by atoms with van der Waals surface area (Å²) in [6.07, 6.45) is 3.26. The molecule has 1 N–H and O–H groups in total. The van der Waals surface area contributed by atoms with Crippen LogP contribution in [0.1, 0.15) is 43.5 Å². The van der Waals surface area contributed by atoms with Gasteiger partial charge in [0.2, 0.25) is 5.91 Å². The molecule has 3 unspecified atom stereocenters. The Kier molecular flexibility index (Phi) is 2.17. The van der Waals surface area contributed by atoms with E-state index in [-0.39, 0.29) is 11.7 Å². The van der Waals surface area contributed by atoms with Gasteiger partial charge in [-0.15, -0.1) is 0 Å². The molecular formula is C16H20N2O. The molecule has 3 fully saturated rings. The fourth-order valence-corrected chi connectivity index (χ4v) is 3.39. The van der Waals surface area contributed by atoms with Gasteiger partial charge in [0, 0.05) is 6.04 Å². The fraction of sp³-hybridized carbons (Fsp3) is 0.562. The molecule has 100 valence electrons. The highest BCUT2D eigenvalue weighted by atomic mass is 16.2. The van der Waals surface area contributed by atoms with Crippen molar-refractivity contribution in [3.8, 4) is 0 Å². The summed E-state index contributed by atoms with van der Waals surface area (Å²) in [6, 6.07) is 8.87. The number of nitrogens with zero attached hydrogens (tertiary/aromatic N) is 1. The van der Waals surface area contributed by atoms with Crippen molar-refractivity contribution in [1.82, 2.24) is 10.2 Å². The Hall–Kier alpha value is -1.35. The minimum Gasteiger partial charge on any atom is -0.318 e. The molecule has 3 atom stereocenters. The van der Waals surface area contributed by atoms with E-state index in [1.54, 1.807) is 0 Å². The summed E-state index contributed by atoms with van der Waals surface area (Å²) in [5, 5.41) is 3.62. The normalized spacial score (nSPS) is 34.9. The number of carbonyl (C=O) groups is 1. The lowest BCUT2D eigenvalue weighted by Gasteiger charge is -2.26. The molecule has 1 aromatic rings. The quantitative estimate of drug-likeness (QED) is 0.881. The van der Waals surface area contributed by atoms with Gasteiger partial charge in [-0.1, -0.05) is 31.2 Å². The number of benzene rings is 1. The molecule has 1 aliphatic heterocycles. The van der Waals surface area contributed by atoms with Gasteiger partial charge in [-0.3, -0.25) is 10.1 Å². The summed E-state index contributed by atoms with van der Waals surface area (Å²) in [7, 11) is 0. The van der Waals surface area contributed by atoms with E-state index >= 15 is 0 Å². The van der Waals surface area contributed by atoms with E-state index in [9.17, 15) is 4.79 Å². The van der Waals surface area contributed by atoms with E-state index in [2.05, 4.69) is 48.3 Å². The van der Waals surface area contributed by atoms with Gasteiger partial charge in [0.25, 0.3) is 0 Å². The van der Waals surface area contributed by atoms with Crippen molar-refractivity contribution < 1.29 is 4.79 Å². The summed E-state index contributed by atoms with van der Waals surface area (Å²) >= 11 is 0. The van der Waals surface area contributed by atoms with Gasteiger partial charge in [-0.05, 0) is 43.2 Å². The van der Waals surface area contributed by atoms with Crippen molar-refractivity contribution in [3.05, 3.63) is 35.4 Å². The topological polar surface area (TPSA) is 32.3 Å². The first-order valence-electron chi connectivity index (χ1n) is 7.28. The number of rotatable bonds is 2. The Bertz CT molecular complexity index is 549. The molecule has 1 aromatic carbocycles. The molecule has 1 saturated heterocycles. The Morgan fingerprint density at radius 2 is 2.00 bits per heavy atom. The number of aryl methyl sites for hydroxylation is 1. The summed E-state index contributed by atoms with van der Waals surface area (Å²) in [6.45, 7) is 4.37. The average molecular weight is 256 g/mol. The fourth-order valence-electron chi connectivity index (χ4n) is 3.39. The Balaban J connectivity index is 1.74. The molecule has 3 heteroatoms. The third kappa shape index (κ3) is 1.57. The minimum atomic E-state index is -0.213. The average Bonchev–Trinajstić information content (AvgIpc) is 3.27. The Labute approximate surface area is 114 Å². The molecular weight excluding hydrogens is 236 g/mol. The molecule has 1 heterocycles. The second-order valence-electron chi connectivity index (χ2n) is 6.48. The Morgan fingerprint density at radius 1 is 1.32 bits per heavy atom. The maximum absolute atomic E-state index is 12.7. The number of amides is 1. The molecule has 0 radical (unpaired) electrons. The lowest BCUT2D eigenvalue weighted by molar-refractivity contribution is -0.131. The third-order valence-corrected chi connectivity index (χ3v) is 4.99. The van der Waals surface area contributed by atoms with Crippen molar-refractivity contribution in [3.63, 3.8) is 0 Å². The first-order valence-corrected chi connectivity index (χ1v) is 7.28. The third-order valence-electron chi connectivity index (χ3n) is 4.99. The zero-order chi connectivity index (χ0) is 13.2. The molecule has 1 spiro atoms. The maximum atomic E-state index is 12.7. The SMILES string of the molecule is Cc1ccccc1C1NC2(CC2)C(=O)N1C1CC1C. The van der Waals surface area contributed by atoms with E-state index in [0.717, 1.165) is 19.3 Å².